The summed E-state index contributed by atoms with van der Waals surface area (Å²) in [6, 6.07) is 4.49. The molecule has 0 bridgehead atoms. The van der Waals surface area contributed by atoms with Crippen molar-refractivity contribution in [1.29, 1.82) is 0 Å². The van der Waals surface area contributed by atoms with Gasteiger partial charge in [0.05, 0.1) is 11.1 Å². The normalized spacial score (nSPS) is 11.2. The highest BCUT2D eigenvalue weighted by Gasteiger charge is 2.22. The third-order valence-corrected chi connectivity index (χ3v) is 3.15. The first-order valence-electron chi connectivity index (χ1n) is 5.40. The summed E-state index contributed by atoms with van der Waals surface area (Å²) < 4.78 is 0. The molecule has 0 aromatic heterocycles. The lowest BCUT2D eigenvalue weighted by Gasteiger charge is -2.23. The number of carboxylic acid groups (broad SMARTS) is 2. The molecule has 2 N–H and O–H groups in total. The van der Waals surface area contributed by atoms with Crippen molar-refractivity contribution in [3.05, 3.63) is 34.9 Å². The van der Waals surface area contributed by atoms with E-state index in [0.29, 0.717) is 0 Å². The average molecular weight is 236 g/mol. The van der Waals surface area contributed by atoms with Crippen LogP contribution in [0.25, 0.3) is 0 Å². The minimum absolute atomic E-state index is 0.156. The molecule has 0 aliphatic heterocycles. The van der Waals surface area contributed by atoms with Gasteiger partial charge in [-0.3, -0.25) is 0 Å². The Morgan fingerprint density at radius 2 is 1.65 bits per heavy atom. The Bertz CT molecular complexity index is 460. The maximum absolute atomic E-state index is 11.0. The molecule has 1 rings (SSSR count). The highest BCUT2D eigenvalue weighted by molar-refractivity contribution is 6.01. The second kappa shape index (κ2) is 4.57. The first kappa shape index (κ1) is 13.2. The molecule has 0 aliphatic carbocycles. The molecule has 1 aromatic carbocycles. The summed E-state index contributed by atoms with van der Waals surface area (Å²) in [5, 5.41) is 17.9. The van der Waals surface area contributed by atoms with E-state index in [1.165, 1.54) is 12.1 Å². The Hall–Kier alpha value is -1.84. The Morgan fingerprint density at radius 3 is 2.06 bits per heavy atom. The Morgan fingerprint density at radius 1 is 1.12 bits per heavy atom. The van der Waals surface area contributed by atoms with E-state index in [9.17, 15) is 9.59 Å². The molecular formula is C13H16O4. The lowest BCUT2D eigenvalue weighted by molar-refractivity contribution is 0.0651. The van der Waals surface area contributed by atoms with Crippen molar-refractivity contribution in [2.24, 2.45) is 0 Å². The highest BCUT2D eigenvalue weighted by atomic mass is 16.4. The van der Waals surface area contributed by atoms with E-state index in [4.69, 9.17) is 10.2 Å². The molecule has 0 radical (unpaired) electrons. The molecule has 1 aromatic rings. The largest absolute Gasteiger partial charge is 0.478 e. The van der Waals surface area contributed by atoms with E-state index < -0.39 is 11.9 Å². The molecule has 0 aliphatic rings. The van der Waals surface area contributed by atoms with Crippen LogP contribution in [0.15, 0.2) is 18.2 Å². The summed E-state index contributed by atoms with van der Waals surface area (Å²) >= 11 is 0. The van der Waals surface area contributed by atoms with Crippen LogP contribution in [0, 0.1) is 0 Å². The van der Waals surface area contributed by atoms with Gasteiger partial charge in [0.15, 0.2) is 0 Å². The summed E-state index contributed by atoms with van der Waals surface area (Å²) in [5.74, 6) is -2.43. The van der Waals surface area contributed by atoms with Crippen LogP contribution in [0.3, 0.4) is 0 Å². The lowest BCUT2D eigenvalue weighted by atomic mass is 9.81. The van der Waals surface area contributed by atoms with Gasteiger partial charge in [-0.15, -0.1) is 0 Å². The van der Waals surface area contributed by atoms with Crippen molar-refractivity contribution in [2.75, 3.05) is 0 Å². The Balaban J connectivity index is 3.38. The van der Waals surface area contributed by atoms with Crippen molar-refractivity contribution >= 4 is 11.9 Å². The van der Waals surface area contributed by atoms with Gasteiger partial charge in [0.1, 0.15) is 0 Å². The third-order valence-electron chi connectivity index (χ3n) is 3.15. The zero-order chi connectivity index (χ0) is 13.2. The third kappa shape index (κ3) is 2.64. The van der Waals surface area contributed by atoms with Gasteiger partial charge < -0.3 is 10.2 Å². The molecule has 0 fully saturated rings. The predicted octanol–water partition coefficient (Wildman–Crippen LogP) is 2.77. The van der Waals surface area contributed by atoms with Crippen LogP contribution >= 0.6 is 0 Å². The second-order valence-corrected chi connectivity index (χ2v) is 4.61. The van der Waals surface area contributed by atoms with E-state index in [2.05, 4.69) is 0 Å². The van der Waals surface area contributed by atoms with Crippen LogP contribution in [0.4, 0.5) is 0 Å². The SMILES string of the molecule is CCC(C)(C)c1ccc(C(=O)O)c(C(=O)O)c1. The summed E-state index contributed by atoms with van der Waals surface area (Å²) in [6.45, 7) is 5.99. The smallest absolute Gasteiger partial charge is 0.336 e. The first-order valence-corrected chi connectivity index (χ1v) is 5.40. The molecule has 0 atom stereocenters. The molecule has 0 unspecified atom stereocenters. The predicted molar refractivity (Wildman–Crippen MR) is 63.7 cm³/mol. The first-order chi connectivity index (χ1) is 7.79. The minimum atomic E-state index is -1.22. The van der Waals surface area contributed by atoms with Crippen LogP contribution in [0.2, 0.25) is 0 Å². The van der Waals surface area contributed by atoms with E-state index >= 15 is 0 Å². The van der Waals surface area contributed by atoms with Crippen molar-refractivity contribution in [3.63, 3.8) is 0 Å². The van der Waals surface area contributed by atoms with Crippen molar-refractivity contribution in [2.45, 2.75) is 32.6 Å². The van der Waals surface area contributed by atoms with Gasteiger partial charge in [-0.05, 0) is 29.5 Å². The van der Waals surface area contributed by atoms with Crippen LogP contribution < -0.4 is 0 Å². The molecule has 0 heterocycles. The molecule has 0 saturated carbocycles. The van der Waals surface area contributed by atoms with Gasteiger partial charge in [0.25, 0.3) is 0 Å². The quantitative estimate of drug-likeness (QED) is 0.842. The zero-order valence-electron chi connectivity index (χ0n) is 10.2. The van der Waals surface area contributed by atoms with Gasteiger partial charge >= 0.3 is 11.9 Å². The minimum Gasteiger partial charge on any atom is -0.478 e. The number of carboxylic acids is 2. The number of rotatable bonds is 4. The summed E-state index contributed by atoms with van der Waals surface area (Å²) in [4.78, 5) is 21.9. The Labute approximate surface area is 99.9 Å². The topological polar surface area (TPSA) is 74.6 Å². The van der Waals surface area contributed by atoms with Crippen LogP contribution in [0.5, 0.6) is 0 Å². The monoisotopic (exact) mass is 236 g/mol. The van der Waals surface area contributed by atoms with Crippen LogP contribution in [-0.4, -0.2) is 22.2 Å². The Kier molecular flexibility index (Phi) is 3.56. The summed E-state index contributed by atoms with van der Waals surface area (Å²) in [7, 11) is 0. The molecule has 0 amide bonds. The van der Waals surface area contributed by atoms with E-state index in [-0.39, 0.29) is 16.5 Å². The maximum atomic E-state index is 11.0. The van der Waals surface area contributed by atoms with Crippen molar-refractivity contribution in [1.82, 2.24) is 0 Å². The van der Waals surface area contributed by atoms with Gasteiger partial charge in [0, 0.05) is 0 Å². The zero-order valence-corrected chi connectivity index (χ0v) is 10.2. The van der Waals surface area contributed by atoms with E-state index in [0.717, 1.165) is 12.0 Å². The van der Waals surface area contributed by atoms with Crippen LogP contribution in [-0.2, 0) is 5.41 Å². The fourth-order valence-electron chi connectivity index (χ4n) is 1.53. The van der Waals surface area contributed by atoms with Gasteiger partial charge in [-0.25, -0.2) is 9.59 Å². The molecule has 0 spiro atoms. The van der Waals surface area contributed by atoms with Gasteiger partial charge in [0.2, 0.25) is 0 Å². The number of benzene rings is 1. The van der Waals surface area contributed by atoms with Gasteiger partial charge in [-0.1, -0.05) is 26.8 Å². The van der Waals surface area contributed by atoms with Crippen molar-refractivity contribution in [3.8, 4) is 0 Å². The number of hydrogen-bond acceptors (Lipinski definition) is 2. The summed E-state index contributed by atoms with van der Waals surface area (Å²) in [5.41, 5.74) is 0.341. The fourth-order valence-corrected chi connectivity index (χ4v) is 1.53. The molecular weight excluding hydrogens is 220 g/mol. The molecule has 92 valence electrons. The standard InChI is InChI=1S/C13H16O4/c1-4-13(2,3)8-5-6-9(11(14)15)10(7-8)12(16)17/h5-7H,4H2,1-3H3,(H,14,15)(H,16,17). The summed E-state index contributed by atoms with van der Waals surface area (Å²) in [6.07, 6.45) is 0.846. The second-order valence-electron chi connectivity index (χ2n) is 4.61. The molecule has 0 saturated heterocycles. The van der Waals surface area contributed by atoms with Crippen LogP contribution in [0.1, 0.15) is 53.5 Å². The lowest BCUT2D eigenvalue weighted by Crippen LogP contribution is -2.18. The average Bonchev–Trinajstić information content (AvgIpc) is 2.28. The molecule has 4 nitrogen and oxygen atoms in total. The molecule has 17 heavy (non-hydrogen) atoms. The maximum Gasteiger partial charge on any atom is 0.336 e. The molecule has 4 heteroatoms. The van der Waals surface area contributed by atoms with E-state index in [1.54, 1.807) is 6.07 Å². The van der Waals surface area contributed by atoms with Gasteiger partial charge in [-0.2, -0.15) is 0 Å². The number of carbonyl (C=O) groups is 2. The number of hydrogen-bond donors (Lipinski definition) is 2. The van der Waals surface area contributed by atoms with E-state index in [1.807, 2.05) is 20.8 Å². The number of aromatic carboxylic acids is 2. The fraction of sp³-hybridized carbons (Fsp3) is 0.385. The highest BCUT2D eigenvalue weighted by Crippen LogP contribution is 2.28. The van der Waals surface area contributed by atoms with Crippen molar-refractivity contribution < 1.29 is 19.8 Å².